The van der Waals surface area contributed by atoms with Crippen molar-refractivity contribution in [3.05, 3.63) is 65.5 Å². The standard InChI is InChI=1S/C26H30FN3O4/c1-33-15-14-29(26(32)20-4-3-5-20)17-25(31)30-24(19-8-12-22(34-2)13-9-19)16-23(28-30)18-6-10-21(27)11-7-18/h6-13,20,24H,3-5,14-17H2,1-2H3. The molecule has 1 unspecified atom stereocenters. The fourth-order valence-corrected chi connectivity index (χ4v) is 4.26. The lowest BCUT2D eigenvalue weighted by molar-refractivity contribution is -0.146. The first-order valence-corrected chi connectivity index (χ1v) is 11.6. The van der Waals surface area contributed by atoms with Gasteiger partial charge in [0.05, 0.1) is 25.5 Å². The van der Waals surface area contributed by atoms with Crippen LogP contribution in [0, 0.1) is 11.7 Å². The molecule has 0 aromatic heterocycles. The first-order valence-electron chi connectivity index (χ1n) is 11.6. The zero-order chi connectivity index (χ0) is 24.1. The molecule has 180 valence electrons. The van der Waals surface area contributed by atoms with Crippen molar-refractivity contribution in [3.8, 4) is 5.75 Å². The molecule has 1 aliphatic carbocycles. The second-order valence-corrected chi connectivity index (χ2v) is 8.67. The number of ether oxygens (including phenoxy) is 2. The number of halogens is 1. The van der Waals surface area contributed by atoms with Crippen molar-refractivity contribution in [2.45, 2.75) is 31.7 Å². The lowest BCUT2D eigenvalue weighted by Gasteiger charge is -2.32. The van der Waals surface area contributed by atoms with E-state index in [0.29, 0.717) is 25.3 Å². The summed E-state index contributed by atoms with van der Waals surface area (Å²) in [6, 6.07) is 13.3. The summed E-state index contributed by atoms with van der Waals surface area (Å²) in [6.45, 7) is 0.649. The molecule has 0 N–H and O–H groups in total. The third-order valence-electron chi connectivity index (χ3n) is 6.50. The Labute approximate surface area is 199 Å². The van der Waals surface area contributed by atoms with Crippen LogP contribution in [0.4, 0.5) is 4.39 Å². The van der Waals surface area contributed by atoms with E-state index >= 15 is 0 Å². The molecule has 8 heteroatoms. The van der Waals surface area contributed by atoms with E-state index in [0.717, 1.165) is 36.1 Å². The molecule has 2 amide bonds. The van der Waals surface area contributed by atoms with E-state index in [2.05, 4.69) is 5.10 Å². The molecule has 34 heavy (non-hydrogen) atoms. The van der Waals surface area contributed by atoms with E-state index in [1.165, 1.54) is 17.1 Å². The van der Waals surface area contributed by atoms with Crippen molar-refractivity contribution in [1.29, 1.82) is 0 Å². The quantitative estimate of drug-likeness (QED) is 0.563. The molecule has 0 spiro atoms. The van der Waals surface area contributed by atoms with Gasteiger partial charge in [0.2, 0.25) is 5.91 Å². The molecule has 0 bridgehead atoms. The monoisotopic (exact) mass is 467 g/mol. The van der Waals surface area contributed by atoms with Gasteiger partial charge in [0.15, 0.2) is 0 Å². The summed E-state index contributed by atoms with van der Waals surface area (Å²) < 4.78 is 23.9. The van der Waals surface area contributed by atoms with Gasteiger partial charge in [-0.2, -0.15) is 5.10 Å². The third-order valence-corrected chi connectivity index (χ3v) is 6.50. The van der Waals surface area contributed by atoms with Gasteiger partial charge in [-0.25, -0.2) is 9.40 Å². The predicted octanol–water partition coefficient (Wildman–Crippen LogP) is 3.79. The predicted molar refractivity (Wildman–Crippen MR) is 126 cm³/mol. The molecule has 2 aromatic carbocycles. The molecular weight excluding hydrogens is 437 g/mol. The number of hydrogen-bond acceptors (Lipinski definition) is 5. The number of carbonyl (C=O) groups is 2. The molecule has 1 fully saturated rings. The van der Waals surface area contributed by atoms with Crippen LogP contribution in [0.5, 0.6) is 5.75 Å². The van der Waals surface area contributed by atoms with Gasteiger partial charge in [0.25, 0.3) is 5.91 Å². The zero-order valence-corrected chi connectivity index (χ0v) is 19.6. The van der Waals surface area contributed by atoms with Crippen LogP contribution in [0.15, 0.2) is 53.6 Å². The fraction of sp³-hybridized carbons (Fsp3) is 0.423. The van der Waals surface area contributed by atoms with Crippen molar-refractivity contribution >= 4 is 17.5 Å². The Balaban J connectivity index is 1.59. The molecule has 1 heterocycles. The van der Waals surface area contributed by atoms with Crippen molar-refractivity contribution in [2.75, 3.05) is 33.9 Å². The van der Waals surface area contributed by atoms with E-state index in [4.69, 9.17) is 9.47 Å². The minimum absolute atomic E-state index is 0.000387. The highest BCUT2D eigenvalue weighted by Crippen LogP contribution is 2.34. The summed E-state index contributed by atoms with van der Waals surface area (Å²) in [5.41, 5.74) is 2.36. The molecule has 1 aliphatic heterocycles. The Kier molecular flexibility index (Phi) is 7.57. The molecule has 7 nitrogen and oxygen atoms in total. The van der Waals surface area contributed by atoms with Gasteiger partial charge in [-0.15, -0.1) is 0 Å². The Bertz CT molecular complexity index is 1040. The highest BCUT2D eigenvalue weighted by atomic mass is 19.1. The van der Waals surface area contributed by atoms with Crippen LogP contribution in [-0.4, -0.2) is 61.4 Å². The lowest BCUT2D eigenvalue weighted by atomic mass is 9.84. The van der Waals surface area contributed by atoms with Gasteiger partial charge >= 0.3 is 0 Å². The topological polar surface area (TPSA) is 71.4 Å². The molecular formula is C26H30FN3O4. The summed E-state index contributed by atoms with van der Waals surface area (Å²) in [7, 11) is 3.18. The van der Waals surface area contributed by atoms with E-state index in [-0.39, 0.29) is 36.1 Å². The highest BCUT2D eigenvalue weighted by Gasteiger charge is 2.36. The van der Waals surface area contributed by atoms with E-state index in [1.54, 1.807) is 31.3 Å². The van der Waals surface area contributed by atoms with Gasteiger partial charge in [0.1, 0.15) is 18.1 Å². The number of methoxy groups -OCH3 is 2. The number of benzene rings is 2. The molecule has 1 saturated carbocycles. The number of hydrogen-bond donors (Lipinski definition) is 0. The van der Waals surface area contributed by atoms with Crippen molar-refractivity contribution in [2.24, 2.45) is 11.0 Å². The Morgan fingerprint density at radius 1 is 1.09 bits per heavy atom. The second-order valence-electron chi connectivity index (χ2n) is 8.67. The average Bonchev–Trinajstić information content (AvgIpc) is 3.26. The molecule has 1 atom stereocenters. The van der Waals surface area contributed by atoms with Gasteiger partial charge in [-0.05, 0) is 48.2 Å². The van der Waals surface area contributed by atoms with E-state index in [9.17, 15) is 14.0 Å². The lowest BCUT2D eigenvalue weighted by Crippen LogP contribution is -2.46. The summed E-state index contributed by atoms with van der Waals surface area (Å²) in [4.78, 5) is 28.0. The van der Waals surface area contributed by atoms with Crippen LogP contribution in [-0.2, 0) is 14.3 Å². The molecule has 2 aromatic rings. The van der Waals surface area contributed by atoms with Gasteiger partial charge in [-0.1, -0.05) is 30.7 Å². The normalized spacial score (nSPS) is 17.8. The Morgan fingerprint density at radius 3 is 2.38 bits per heavy atom. The zero-order valence-electron chi connectivity index (χ0n) is 19.6. The maximum atomic E-state index is 13.5. The van der Waals surface area contributed by atoms with E-state index in [1.807, 2.05) is 24.3 Å². The second kappa shape index (κ2) is 10.8. The summed E-state index contributed by atoms with van der Waals surface area (Å²) >= 11 is 0. The number of amides is 2. The largest absolute Gasteiger partial charge is 0.497 e. The summed E-state index contributed by atoms with van der Waals surface area (Å²) in [5.74, 6) is 0.113. The van der Waals surface area contributed by atoms with Crippen molar-refractivity contribution in [3.63, 3.8) is 0 Å². The Hall–Kier alpha value is -3.26. The summed E-state index contributed by atoms with van der Waals surface area (Å²) in [5, 5.41) is 6.10. The van der Waals surface area contributed by atoms with Crippen LogP contribution in [0.2, 0.25) is 0 Å². The number of carbonyl (C=O) groups excluding carboxylic acids is 2. The average molecular weight is 468 g/mol. The molecule has 0 saturated heterocycles. The third kappa shape index (κ3) is 5.28. The van der Waals surface area contributed by atoms with Gasteiger partial charge < -0.3 is 14.4 Å². The van der Waals surface area contributed by atoms with Gasteiger partial charge in [-0.3, -0.25) is 9.59 Å². The van der Waals surface area contributed by atoms with Crippen molar-refractivity contribution < 1.29 is 23.5 Å². The smallest absolute Gasteiger partial charge is 0.262 e. The fourth-order valence-electron chi connectivity index (χ4n) is 4.26. The van der Waals surface area contributed by atoms with Crippen LogP contribution in [0.25, 0.3) is 0 Å². The SMILES string of the molecule is COCCN(CC(=O)N1N=C(c2ccc(F)cc2)CC1c1ccc(OC)cc1)C(=O)C1CCC1. The van der Waals surface area contributed by atoms with Gasteiger partial charge in [0, 0.05) is 26.0 Å². The molecule has 0 radical (unpaired) electrons. The van der Waals surface area contributed by atoms with E-state index < -0.39 is 0 Å². The Morgan fingerprint density at radius 2 is 1.79 bits per heavy atom. The van der Waals surface area contributed by atoms with Crippen LogP contribution < -0.4 is 4.74 Å². The van der Waals surface area contributed by atoms with Crippen molar-refractivity contribution in [1.82, 2.24) is 9.91 Å². The van der Waals surface area contributed by atoms with Crippen LogP contribution in [0.1, 0.15) is 42.9 Å². The minimum Gasteiger partial charge on any atom is -0.497 e. The maximum Gasteiger partial charge on any atom is 0.262 e. The minimum atomic E-state index is -0.332. The number of nitrogens with zero attached hydrogens (tertiary/aromatic N) is 3. The number of hydrazone groups is 1. The first kappa shape index (κ1) is 23.9. The summed E-state index contributed by atoms with van der Waals surface area (Å²) in [6.07, 6.45) is 3.25. The highest BCUT2D eigenvalue weighted by molar-refractivity contribution is 6.03. The molecule has 4 rings (SSSR count). The maximum absolute atomic E-state index is 13.5. The van der Waals surface area contributed by atoms with Crippen LogP contribution in [0.3, 0.4) is 0 Å². The van der Waals surface area contributed by atoms with Crippen LogP contribution >= 0.6 is 0 Å². The first-order chi connectivity index (χ1) is 16.5. The number of rotatable bonds is 9. The molecule has 2 aliphatic rings.